The van der Waals surface area contributed by atoms with Crippen LogP contribution in [0.3, 0.4) is 0 Å². The molecular formula is C19H28N2O4. The summed E-state index contributed by atoms with van der Waals surface area (Å²) in [6, 6.07) is 7.68. The molecule has 0 fully saturated rings. The van der Waals surface area contributed by atoms with Crippen molar-refractivity contribution in [2.45, 2.75) is 53.4 Å². The molecule has 2 N–H and O–H groups in total. The molecule has 0 aliphatic rings. The van der Waals surface area contributed by atoms with Crippen LogP contribution in [0.4, 0.5) is 0 Å². The number of carboxylic acids is 1. The molecule has 0 saturated carbocycles. The van der Waals surface area contributed by atoms with Gasteiger partial charge in [-0.1, -0.05) is 46.8 Å². The second-order valence-corrected chi connectivity index (χ2v) is 7.97. The van der Waals surface area contributed by atoms with Gasteiger partial charge in [0.2, 0.25) is 0 Å². The molecule has 0 heterocycles. The van der Waals surface area contributed by atoms with Crippen LogP contribution >= 0.6 is 0 Å². The van der Waals surface area contributed by atoms with Crippen molar-refractivity contribution >= 4 is 17.6 Å². The molecule has 0 unspecified atom stereocenters. The maximum absolute atomic E-state index is 11.6. The molecule has 0 saturated heterocycles. The SMILES string of the molecule is C/C(=N/NC(=O)COc1ccc(C(C)(C)CC(C)(C)C)cc1)C(=O)O. The Hall–Kier alpha value is -2.37. The van der Waals surface area contributed by atoms with Crippen molar-refractivity contribution in [3.63, 3.8) is 0 Å². The molecule has 6 heteroatoms. The Morgan fingerprint density at radius 2 is 1.68 bits per heavy atom. The molecule has 1 aromatic rings. The van der Waals surface area contributed by atoms with Gasteiger partial charge in [0.1, 0.15) is 11.5 Å². The number of rotatable bonds is 7. The standard InChI is InChI=1S/C19H28N2O4/c1-13(17(23)24)20-21-16(22)11-25-15-9-7-14(8-10-15)19(5,6)12-18(2,3)4/h7-10H,11-12H2,1-6H3,(H,21,22)(H,23,24)/b20-13-. The number of hydrazone groups is 1. The first kappa shape index (κ1) is 20.7. The molecule has 1 amide bonds. The van der Waals surface area contributed by atoms with E-state index in [9.17, 15) is 9.59 Å². The minimum absolute atomic E-state index is 0.0389. The lowest BCUT2D eigenvalue weighted by Crippen LogP contribution is -2.27. The number of carboxylic acid groups (broad SMARTS) is 1. The number of benzene rings is 1. The number of nitrogens with one attached hydrogen (secondary N) is 1. The number of carbonyl (C=O) groups is 2. The Morgan fingerprint density at radius 3 is 2.16 bits per heavy atom. The molecule has 6 nitrogen and oxygen atoms in total. The van der Waals surface area contributed by atoms with E-state index in [4.69, 9.17) is 9.84 Å². The third-order valence-corrected chi connectivity index (χ3v) is 3.64. The summed E-state index contributed by atoms with van der Waals surface area (Å²) in [5.74, 6) is -1.13. The van der Waals surface area contributed by atoms with E-state index in [2.05, 4.69) is 45.1 Å². The number of hydrogen-bond acceptors (Lipinski definition) is 4. The highest BCUT2D eigenvalue weighted by Gasteiger charge is 2.27. The van der Waals surface area contributed by atoms with E-state index in [1.165, 1.54) is 12.5 Å². The van der Waals surface area contributed by atoms with Crippen molar-refractivity contribution < 1.29 is 19.4 Å². The van der Waals surface area contributed by atoms with Crippen LogP contribution in [-0.2, 0) is 15.0 Å². The van der Waals surface area contributed by atoms with Gasteiger partial charge in [0.05, 0.1) is 0 Å². The molecule has 0 aliphatic carbocycles. The summed E-state index contributed by atoms with van der Waals surface area (Å²) in [5.41, 5.74) is 3.42. The summed E-state index contributed by atoms with van der Waals surface area (Å²) in [7, 11) is 0. The van der Waals surface area contributed by atoms with Gasteiger partial charge in [0.15, 0.2) is 6.61 Å². The maximum atomic E-state index is 11.6. The number of ether oxygens (including phenoxy) is 1. The average molecular weight is 348 g/mol. The maximum Gasteiger partial charge on any atom is 0.351 e. The minimum atomic E-state index is -1.19. The Bertz CT molecular complexity index is 640. The Balaban J connectivity index is 2.61. The Labute approximate surface area is 149 Å². The second kappa shape index (κ2) is 8.14. The number of hydrogen-bond donors (Lipinski definition) is 2. The number of carbonyl (C=O) groups excluding carboxylic acids is 1. The lowest BCUT2D eigenvalue weighted by Gasteiger charge is -2.33. The molecule has 0 aromatic heterocycles. The smallest absolute Gasteiger partial charge is 0.351 e. The summed E-state index contributed by atoms with van der Waals surface area (Å²) in [6.45, 7) is 12.1. The van der Waals surface area contributed by atoms with Crippen molar-refractivity contribution in [2.24, 2.45) is 10.5 Å². The van der Waals surface area contributed by atoms with Gasteiger partial charge < -0.3 is 9.84 Å². The molecule has 138 valence electrons. The highest BCUT2D eigenvalue weighted by Crippen LogP contribution is 2.36. The summed E-state index contributed by atoms with van der Waals surface area (Å²) in [5, 5.41) is 12.1. The fraction of sp³-hybridized carbons (Fsp3) is 0.526. The minimum Gasteiger partial charge on any atom is -0.484 e. The van der Waals surface area contributed by atoms with Gasteiger partial charge in [-0.15, -0.1) is 0 Å². The van der Waals surface area contributed by atoms with Crippen molar-refractivity contribution in [3.8, 4) is 5.75 Å². The molecular weight excluding hydrogens is 320 g/mol. The number of nitrogens with zero attached hydrogens (tertiary/aromatic N) is 1. The van der Waals surface area contributed by atoms with E-state index in [0.29, 0.717) is 5.75 Å². The van der Waals surface area contributed by atoms with E-state index in [-0.39, 0.29) is 23.1 Å². The molecule has 0 radical (unpaired) electrons. The van der Waals surface area contributed by atoms with Gasteiger partial charge in [0.25, 0.3) is 5.91 Å². The normalized spacial score (nSPS) is 12.6. The first-order chi connectivity index (χ1) is 11.4. The topological polar surface area (TPSA) is 88.0 Å². The van der Waals surface area contributed by atoms with Crippen LogP contribution in [0.15, 0.2) is 29.4 Å². The van der Waals surface area contributed by atoms with Gasteiger partial charge in [0, 0.05) is 0 Å². The molecule has 0 atom stereocenters. The molecule has 0 aliphatic heterocycles. The summed E-state index contributed by atoms with van der Waals surface area (Å²) >= 11 is 0. The van der Waals surface area contributed by atoms with Gasteiger partial charge in [-0.3, -0.25) is 4.79 Å². The summed E-state index contributed by atoms with van der Waals surface area (Å²) < 4.78 is 5.40. The van der Waals surface area contributed by atoms with Crippen LogP contribution in [0, 0.1) is 5.41 Å². The molecule has 0 spiro atoms. The lowest BCUT2D eigenvalue weighted by molar-refractivity contribution is -0.129. The van der Waals surface area contributed by atoms with Crippen molar-refractivity contribution in [1.29, 1.82) is 0 Å². The van der Waals surface area contributed by atoms with Crippen LogP contribution < -0.4 is 10.2 Å². The molecule has 1 rings (SSSR count). The molecule has 1 aromatic carbocycles. The van der Waals surface area contributed by atoms with Gasteiger partial charge in [-0.25, -0.2) is 10.2 Å². The third kappa shape index (κ3) is 7.37. The van der Waals surface area contributed by atoms with Crippen LogP contribution in [-0.4, -0.2) is 29.3 Å². The van der Waals surface area contributed by atoms with E-state index in [1.807, 2.05) is 24.3 Å². The predicted molar refractivity (Wildman–Crippen MR) is 97.9 cm³/mol. The molecule has 0 bridgehead atoms. The quantitative estimate of drug-likeness (QED) is 0.584. The van der Waals surface area contributed by atoms with Crippen LogP contribution in [0.5, 0.6) is 5.75 Å². The average Bonchev–Trinajstić information content (AvgIpc) is 2.48. The van der Waals surface area contributed by atoms with Crippen LogP contribution in [0.25, 0.3) is 0 Å². The van der Waals surface area contributed by atoms with Gasteiger partial charge in [-0.05, 0) is 41.9 Å². The Kier molecular flexibility index (Phi) is 6.73. The Morgan fingerprint density at radius 1 is 1.12 bits per heavy atom. The lowest BCUT2D eigenvalue weighted by atomic mass is 9.72. The number of amides is 1. The highest BCUT2D eigenvalue weighted by atomic mass is 16.5. The monoisotopic (exact) mass is 348 g/mol. The fourth-order valence-electron chi connectivity index (χ4n) is 2.81. The van der Waals surface area contributed by atoms with Crippen LogP contribution in [0.1, 0.15) is 53.5 Å². The van der Waals surface area contributed by atoms with E-state index in [0.717, 1.165) is 6.42 Å². The van der Waals surface area contributed by atoms with Gasteiger partial charge in [-0.2, -0.15) is 5.10 Å². The summed E-state index contributed by atoms with van der Waals surface area (Å²) in [4.78, 5) is 22.2. The van der Waals surface area contributed by atoms with Crippen molar-refractivity contribution in [3.05, 3.63) is 29.8 Å². The van der Waals surface area contributed by atoms with E-state index in [1.54, 1.807) is 0 Å². The molecule has 25 heavy (non-hydrogen) atoms. The van der Waals surface area contributed by atoms with Crippen molar-refractivity contribution in [2.75, 3.05) is 6.61 Å². The second-order valence-electron chi connectivity index (χ2n) is 7.97. The first-order valence-electron chi connectivity index (χ1n) is 8.20. The zero-order valence-corrected chi connectivity index (χ0v) is 15.8. The van der Waals surface area contributed by atoms with E-state index >= 15 is 0 Å². The summed E-state index contributed by atoms with van der Waals surface area (Å²) in [6.07, 6.45) is 1.05. The van der Waals surface area contributed by atoms with Gasteiger partial charge >= 0.3 is 5.97 Å². The van der Waals surface area contributed by atoms with Crippen molar-refractivity contribution in [1.82, 2.24) is 5.43 Å². The highest BCUT2D eigenvalue weighted by molar-refractivity contribution is 6.34. The fourth-order valence-corrected chi connectivity index (χ4v) is 2.81. The number of aliphatic carboxylic acids is 1. The van der Waals surface area contributed by atoms with Crippen LogP contribution in [0.2, 0.25) is 0 Å². The third-order valence-electron chi connectivity index (χ3n) is 3.64. The largest absolute Gasteiger partial charge is 0.484 e. The first-order valence-corrected chi connectivity index (χ1v) is 8.20. The zero-order valence-electron chi connectivity index (χ0n) is 15.8. The zero-order chi connectivity index (χ0) is 19.3. The van der Waals surface area contributed by atoms with E-state index < -0.39 is 11.9 Å². The predicted octanol–water partition coefficient (Wildman–Crippen LogP) is 3.36.